The molecule has 0 saturated heterocycles. The second-order valence-corrected chi connectivity index (χ2v) is 6.93. The van der Waals surface area contributed by atoms with E-state index in [-0.39, 0.29) is 5.56 Å². The Morgan fingerprint density at radius 2 is 2.14 bits per heavy atom. The topological polar surface area (TPSA) is 55.0 Å². The highest BCUT2D eigenvalue weighted by atomic mass is 35.5. The molecule has 2 aromatic heterocycles. The molecule has 0 radical (unpaired) electrons. The lowest BCUT2D eigenvalue weighted by Gasteiger charge is -2.02. The van der Waals surface area contributed by atoms with Gasteiger partial charge in [0.1, 0.15) is 4.83 Å². The Morgan fingerprint density at radius 3 is 2.86 bits per heavy atom. The summed E-state index contributed by atoms with van der Waals surface area (Å²) in [6, 6.07) is 7.45. The lowest BCUT2D eigenvalue weighted by molar-refractivity contribution is 0.218. The van der Waals surface area contributed by atoms with Crippen LogP contribution in [0.3, 0.4) is 0 Å². The molecule has 0 aliphatic rings. The van der Waals surface area contributed by atoms with Crippen LogP contribution in [0, 0.1) is 0 Å². The number of fused-ring (bicyclic) bond motifs is 1. The minimum Gasteiger partial charge on any atom is -0.384 e. The number of thiophene rings is 1. The van der Waals surface area contributed by atoms with Gasteiger partial charge in [-0.25, -0.2) is 4.98 Å². The first-order valence-electron chi connectivity index (χ1n) is 6.58. The molecule has 0 amide bonds. The second kappa shape index (κ2) is 6.83. The van der Waals surface area contributed by atoms with E-state index < -0.39 is 0 Å². The molecule has 114 valence electrons. The van der Waals surface area contributed by atoms with Crippen LogP contribution in [-0.4, -0.2) is 29.4 Å². The van der Waals surface area contributed by atoms with Gasteiger partial charge in [-0.2, -0.15) is 0 Å². The summed E-state index contributed by atoms with van der Waals surface area (Å²) in [6.07, 6.45) is 0. The van der Waals surface area contributed by atoms with Gasteiger partial charge < -0.3 is 9.72 Å². The van der Waals surface area contributed by atoms with Crippen molar-refractivity contribution in [3.63, 3.8) is 0 Å². The number of nitrogens with zero attached hydrogens (tertiary/aromatic N) is 1. The number of benzene rings is 1. The third kappa shape index (κ3) is 3.20. The molecule has 2 heterocycles. The average Bonchev–Trinajstić information content (AvgIpc) is 2.93. The summed E-state index contributed by atoms with van der Waals surface area (Å²) in [7, 11) is 1.65. The van der Waals surface area contributed by atoms with E-state index in [0.717, 1.165) is 21.7 Å². The van der Waals surface area contributed by atoms with Crippen molar-refractivity contribution in [1.29, 1.82) is 0 Å². The maximum Gasteiger partial charge on any atom is 0.260 e. The van der Waals surface area contributed by atoms with Gasteiger partial charge in [0.05, 0.1) is 12.0 Å². The molecule has 0 spiro atoms. The monoisotopic (exact) mass is 352 g/mol. The standard InChI is InChI=1S/C15H13ClN2O2S2/c1-20-6-7-21-15-17-13(19)12-11(8-22-14(12)18-15)9-2-4-10(16)5-3-9/h2-5,8H,6-7H2,1H3,(H,17,18,19). The van der Waals surface area contributed by atoms with Crippen molar-refractivity contribution >= 4 is 44.9 Å². The molecule has 1 N–H and O–H groups in total. The highest BCUT2D eigenvalue weighted by Crippen LogP contribution is 2.32. The van der Waals surface area contributed by atoms with Gasteiger partial charge in [-0.15, -0.1) is 11.3 Å². The molecule has 0 fully saturated rings. The van der Waals surface area contributed by atoms with Gasteiger partial charge in [0, 0.05) is 28.8 Å². The molecule has 0 unspecified atom stereocenters. The Labute approximate surface area is 140 Å². The zero-order valence-corrected chi connectivity index (χ0v) is 14.1. The second-order valence-electron chi connectivity index (χ2n) is 4.55. The minimum absolute atomic E-state index is 0.115. The number of ether oxygens (including phenoxy) is 1. The number of thioether (sulfide) groups is 1. The summed E-state index contributed by atoms with van der Waals surface area (Å²) in [5.74, 6) is 0.750. The summed E-state index contributed by atoms with van der Waals surface area (Å²) in [5.41, 5.74) is 1.73. The number of nitrogens with one attached hydrogen (secondary N) is 1. The third-order valence-electron chi connectivity index (χ3n) is 3.10. The van der Waals surface area contributed by atoms with Crippen molar-refractivity contribution in [2.45, 2.75) is 5.16 Å². The van der Waals surface area contributed by atoms with Crippen LogP contribution in [0.15, 0.2) is 39.6 Å². The van der Waals surface area contributed by atoms with Gasteiger partial charge in [0.15, 0.2) is 5.16 Å². The van der Waals surface area contributed by atoms with E-state index in [2.05, 4.69) is 9.97 Å². The fraction of sp³-hybridized carbons (Fsp3) is 0.200. The lowest BCUT2D eigenvalue weighted by Crippen LogP contribution is -2.09. The predicted octanol–water partition coefficient (Wildman–Crippen LogP) is 4.04. The smallest absolute Gasteiger partial charge is 0.260 e. The molecule has 1 aromatic carbocycles. The van der Waals surface area contributed by atoms with Crippen molar-refractivity contribution in [1.82, 2.24) is 9.97 Å². The van der Waals surface area contributed by atoms with Gasteiger partial charge in [0.25, 0.3) is 5.56 Å². The van der Waals surface area contributed by atoms with Crippen LogP contribution in [0.25, 0.3) is 21.3 Å². The van der Waals surface area contributed by atoms with E-state index >= 15 is 0 Å². The van der Waals surface area contributed by atoms with E-state index in [1.165, 1.54) is 23.1 Å². The van der Waals surface area contributed by atoms with Crippen molar-refractivity contribution in [2.75, 3.05) is 19.5 Å². The van der Waals surface area contributed by atoms with Gasteiger partial charge in [-0.3, -0.25) is 4.79 Å². The molecule has 4 nitrogen and oxygen atoms in total. The van der Waals surface area contributed by atoms with Gasteiger partial charge >= 0.3 is 0 Å². The van der Waals surface area contributed by atoms with Crippen LogP contribution in [0.5, 0.6) is 0 Å². The third-order valence-corrected chi connectivity index (χ3v) is 5.07. The SMILES string of the molecule is COCCSc1nc2scc(-c3ccc(Cl)cc3)c2c(=O)[nH]1. The van der Waals surface area contributed by atoms with Crippen LogP contribution in [-0.2, 0) is 4.74 Å². The minimum atomic E-state index is -0.115. The highest BCUT2D eigenvalue weighted by molar-refractivity contribution is 7.99. The first-order chi connectivity index (χ1) is 10.7. The number of rotatable bonds is 5. The Bertz CT molecular complexity index is 843. The van der Waals surface area contributed by atoms with Crippen molar-refractivity contribution < 1.29 is 4.74 Å². The van der Waals surface area contributed by atoms with Crippen molar-refractivity contribution in [3.8, 4) is 11.1 Å². The average molecular weight is 353 g/mol. The van der Waals surface area contributed by atoms with E-state index in [4.69, 9.17) is 16.3 Å². The van der Waals surface area contributed by atoms with Crippen molar-refractivity contribution in [3.05, 3.63) is 45.0 Å². The van der Waals surface area contributed by atoms with E-state index in [1.54, 1.807) is 7.11 Å². The zero-order chi connectivity index (χ0) is 15.5. The number of aromatic amines is 1. The number of hydrogen-bond acceptors (Lipinski definition) is 5. The van der Waals surface area contributed by atoms with E-state index in [9.17, 15) is 4.79 Å². The molecule has 0 aliphatic carbocycles. The summed E-state index contributed by atoms with van der Waals surface area (Å²) in [6.45, 7) is 0.618. The van der Waals surface area contributed by atoms with Crippen LogP contribution in [0.4, 0.5) is 0 Å². The Morgan fingerprint density at radius 1 is 1.36 bits per heavy atom. The van der Waals surface area contributed by atoms with E-state index in [1.807, 2.05) is 29.6 Å². The van der Waals surface area contributed by atoms with Crippen LogP contribution in [0.1, 0.15) is 0 Å². The number of methoxy groups -OCH3 is 1. The predicted molar refractivity (Wildman–Crippen MR) is 93.3 cm³/mol. The fourth-order valence-corrected chi connectivity index (χ4v) is 3.96. The molecule has 0 atom stereocenters. The summed E-state index contributed by atoms with van der Waals surface area (Å²) in [4.78, 5) is 20.5. The maximum absolute atomic E-state index is 12.4. The van der Waals surface area contributed by atoms with Crippen LogP contribution >= 0.6 is 34.7 Å². The maximum atomic E-state index is 12.4. The zero-order valence-electron chi connectivity index (χ0n) is 11.8. The summed E-state index contributed by atoms with van der Waals surface area (Å²) in [5, 5.41) is 3.88. The number of hydrogen-bond donors (Lipinski definition) is 1. The number of H-pyrrole nitrogens is 1. The first-order valence-corrected chi connectivity index (χ1v) is 8.82. The van der Waals surface area contributed by atoms with Gasteiger partial charge in [-0.05, 0) is 17.7 Å². The largest absolute Gasteiger partial charge is 0.384 e. The molecule has 3 aromatic rings. The number of aromatic nitrogens is 2. The fourth-order valence-electron chi connectivity index (χ4n) is 2.06. The Balaban J connectivity index is 2.01. The normalized spacial score (nSPS) is 11.2. The van der Waals surface area contributed by atoms with E-state index in [0.29, 0.717) is 22.2 Å². The number of halogens is 1. The summed E-state index contributed by atoms with van der Waals surface area (Å²) >= 11 is 8.86. The Kier molecular flexibility index (Phi) is 4.83. The summed E-state index contributed by atoms with van der Waals surface area (Å²) < 4.78 is 5.00. The van der Waals surface area contributed by atoms with Crippen LogP contribution < -0.4 is 5.56 Å². The molecule has 22 heavy (non-hydrogen) atoms. The van der Waals surface area contributed by atoms with Gasteiger partial charge in [-0.1, -0.05) is 35.5 Å². The quantitative estimate of drug-likeness (QED) is 0.427. The molecule has 0 saturated carbocycles. The van der Waals surface area contributed by atoms with Crippen molar-refractivity contribution in [2.24, 2.45) is 0 Å². The molecule has 0 bridgehead atoms. The molecular formula is C15H13ClN2O2S2. The molecule has 0 aliphatic heterocycles. The lowest BCUT2D eigenvalue weighted by atomic mass is 10.1. The molecular weight excluding hydrogens is 340 g/mol. The first kappa shape index (κ1) is 15.6. The highest BCUT2D eigenvalue weighted by Gasteiger charge is 2.13. The Hall–Kier alpha value is -1.34. The van der Waals surface area contributed by atoms with Crippen LogP contribution in [0.2, 0.25) is 5.02 Å². The van der Waals surface area contributed by atoms with Gasteiger partial charge in [0.2, 0.25) is 0 Å². The molecule has 7 heteroatoms. The molecule has 3 rings (SSSR count).